The van der Waals surface area contributed by atoms with Crippen LogP contribution in [0.1, 0.15) is 32.2 Å². The monoisotopic (exact) mass is 264 g/mol. The van der Waals surface area contributed by atoms with Gasteiger partial charge in [0, 0.05) is 11.0 Å². The van der Waals surface area contributed by atoms with Crippen LogP contribution in [0.5, 0.6) is 0 Å². The van der Waals surface area contributed by atoms with Gasteiger partial charge in [-0.25, -0.2) is 4.98 Å². The van der Waals surface area contributed by atoms with Gasteiger partial charge in [0.1, 0.15) is 10.5 Å². The highest BCUT2D eigenvalue weighted by molar-refractivity contribution is 7.71. The Morgan fingerprint density at radius 2 is 2.06 bits per heavy atom. The minimum absolute atomic E-state index is 0.0206. The number of H-pyrrole nitrogens is 1. The van der Waals surface area contributed by atoms with Gasteiger partial charge < -0.3 is 4.98 Å². The van der Waals surface area contributed by atoms with Gasteiger partial charge in [0.15, 0.2) is 0 Å². The molecule has 0 unspecified atom stereocenters. The van der Waals surface area contributed by atoms with E-state index in [-0.39, 0.29) is 5.41 Å². The van der Waals surface area contributed by atoms with Crippen molar-refractivity contribution < 1.29 is 0 Å². The summed E-state index contributed by atoms with van der Waals surface area (Å²) in [6.07, 6.45) is 0. The number of nitrogens with zero attached hydrogens (tertiary/aromatic N) is 1. The molecule has 0 spiro atoms. The van der Waals surface area contributed by atoms with Gasteiger partial charge in [-0.3, -0.25) is 0 Å². The van der Waals surface area contributed by atoms with Crippen molar-refractivity contribution in [1.82, 2.24) is 9.97 Å². The Labute approximate surface area is 111 Å². The van der Waals surface area contributed by atoms with E-state index in [4.69, 9.17) is 12.2 Å². The zero-order valence-corrected chi connectivity index (χ0v) is 12.1. The van der Waals surface area contributed by atoms with Crippen LogP contribution in [-0.2, 0) is 5.41 Å². The van der Waals surface area contributed by atoms with Crippen LogP contribution < -0.4 is 0 Å². The molecule has 0 amide bonds. The minimum atomic E-state index is -0.0206. The second kappa shape index (κ2) is 4.35. The first-order valence-electron chi connectivity index (χ1n) is 5.55. The lowest BCUT2D eigenvalue weighted by Crippen LogP contribution is -2.17. The fraction of sp³-hybridized carbons (Fsp3) is 0.385. The summed E-state index contributed by atoms with van der Waals surface area (Å²) in [4.78, 5) is 9.12. The smallest absolute Gasteiger partial charge is 0.133 e. The van der Waals surface area contributed by atoms with E-state index in [1.165, 1.54) is 4.88 Å². The normalized spacial score (nSPS) is 11.8. The van der Waals surface area contributed by atoms with Crippen molar-refractivity contribution in [2.45, 2.75) is 33.1 Å². The summed E-state index contributed by atoms with van der Waals surface area (Å²) < 4.78 is 0.692. The maximum absolute atomic E-state index is 5.34. The first kappa shape index (κ1) is 12.5. The minimum Gasteiger partial charge on any atom is -0.342 e. The molecular weight excluding hydrogens is 248 g/mol. The Hall–Kier alpha value is -1.00. The largest absolute Gasteiger partial charge is 0.342 e. The predicted octanol–water partition coefficient (Wildman–Crippen LogP) is 4.47. The summed E-state index contributed by atoms with van der Waals surface area (Å²) in [5.41, 5.74) is 2.13. The SMILES string of the molecule is Cc1c(-c2cccs2)[nH]c(C(C)(C)C)nc1=S. The van der Waals surface area contributed by atoms with Crippen molar-refractivity contribution in [3.05, 3.63) is 33.5 Å². The Morgan fingerprint density at radius 1 is 1.35 bits per heavy atom. The van der Waals surface area contributed by atoms with Gasteiger partial charge in [-0.1, -0.05) is 39.1 Å². The molecule has 0 saturated heterocycles. The van der Waals surface area contributed by atoms with Crippen molar-refractivity contribution in [3.8, 4) is 10.6 Å². The summed E-state index contributed by atoms with van der Waals surface area (Å²) >= 11 is 7.06. The van der Waals surface area contributed by atoms with Crippen molar-refractivity contribution >= 4 is 23.6 Å². The lowest BCUT2D eigenvalue weighted by atomic mass is 9.95. The number of hydrogen-bond donors (Lipinski definition) is 1. The molecule has 0 aliphatic heterocycles. The highest BCUT2D eigenvalue weighted by Crippen LogP contribution is 2.28. The van der Waals surface area contributed by atoms with Crippen molar-refractivity contribution in [1.29, 1.82) is 0 Å². The quantitative estimate of drug-likeness (QED) is 0.770. The van der Waals surface area contributed by atoms with Gasteiger partial charge in [0.25, 0.3) is 0 Å². The molecule has 17 heavy (non-hydrogen) atoms. The second-order valence-electron chi connectivity index (χ2n) is 5.12. The van der Waals surface area contributed by atoms with E-state index < -0.39 is 0 Å². The molecule has 90 valence electrons. The van der Waals surface area contributed by atoms with E-state index >= 15 is 0 Å². The van der Waals surface area contributed by atoms with Gasteiger partial charge in [0.05, 0.1) is 10.6 Å². The zero-order valence-electron chi connectivity index (χ0n) is 10.5. The molecular formula is C13H16N2S2. The third-order valence-electron chi connectivity index (χ3n) is 2.63. The van der Waals surface area contributed by atoms with E-state index in [9.17, 15) is 0 Å². The number of hydrogen-bond acceptors (Lipinski definition) is 3. The lowest BCUT2D eigenvalue weighted by molar-refractivity contribution is 0.544. The van der Waals surface area contributed by atoms with Crippen LogP contribution in [0.15, 0.2) is 17.5 Å². The third-order valence-corrected chi connectivity index (χ3v) is 3.92. The standard InChI is InChI=1S/C13H16N2S2/c1-8-10(9-6-5-7-17-9)14-12(13(2,3)4)15-11(8)16/h5-7H,1-4H3,(H,14,15,16). The van der Waals surface area contributed by atoms with Gasteiger partial charge in [-0.05, 0) is 18.4 Å². The van der Waals surface area contributed by atoms with E-state index in [1.54, 1.807) is 11.3 Å². The molecule has 0 aliphatic rings. The number of thiophene rings is 1. The summed E-state index contributed by atoms with van der Waals surface area (Å²) in [6.45, 7) is 8.42. The fourth-order valence-corrected chi connectivity index (χ4v) is 2.53. The van der Waals surface area contributed by atoms with Crippen LogP contribution in [0.3, 0.4) is 0 Å². The summed E-state index contributed by atoms with van der Waals surface area (Å²) in [5, 5.41) is 2.07. The van der Waals surface area contributed by atoms with Gasteiger partial charge in [-0.15, -0.1) is 11.3 Å². The van der Waals surface area contributed by atoms with Crippen molar-refractivity contribution in [2.24, 2.45) is 0 Å². The van der Waals surface area contributed by atoms with Crippen LogP contribution in [0.2, 0.25) is 0 Å². The third kappa shape index (κ3) is 2.48. The molecule has 4 heteroatoms. The van der Waals surface area contributed by atoms with Crippen LogP contribution in [0.25, 0.3) is 10.6 Å². The van der Waals surface area contributed by atoms with Crippen molar-refractivity contribution in [3.63, 3.8) is 0 Å². The molecule has 0 saturated carbocycles. The Morgan fingerprint density at radius 3 is 2.59 bits per heavy atom. The molecule has 0 bridgehead atoms. The zero-order chi connectivity index (χ0) is 12.6. The number of aromatic amines is 1. The molecule has 2 rings (SSSR count). The van der Waals surface area contributed by atoms with Gasteiger partial charge in [0.2, 0.25) is 0 Å². The van der Waals surface area contributed by atoms with E-state index in [2.05, 4.69) is 42.2 Å². The summed E-state index contributed by atoms with van der Waals surface area (Å²) in [7, 11) is 0. The van der Waals surface area contributed by atoms with Crippen LogP contribution in [0.4, 0.5) is 0 Å². The molecule has 0 atom stereocenters. The summed E-state index contributed by atoms with van der Waals surface area (Å²) in [6, 6.07) is 4.15. The molecule has 0 fully saturated rings. The number of rotatable bonds is 1. The lowest BCUT2D eigenvalue weighted by Gasteiger charge is -2.19. The molecule has 2 aromatic heterocycles. The van der Waals surface area contributed by atoms with Crippen LogP contribution >= 0.6 is 23.6 Å². The maximum Gasteiger partial charge on any atom is 0.133 e. The van der Waals surface area contributed by atoms with Crippen LogP contribution in [0, 0.1) is 11.6 Å². The average Bonchev–Trinajstić information content (AvgIpc) is 2.73. The van der Waals surface area contributed by atoms with E-state index in [1.807, 2.05) is 13.0 Å². The molecule has 0 aromatic carbocycles. The highest BCUT2D eigenvalue weighted by atomic mass is 32.1. The van der Waals surface area contributed by atoms with E-state index in [0.29, 0.717) is 4.64 Å². The Kier molecular flexibility index (Phi) is 3.19. The van der Waals surface area contributed by atoms with Gasteiger partial charge in [-0.2, -0.15) is 0 Å². The summed E-state index contributed by atoms with van der Waals surface area (Å²) in [5.74, 6) is 0.941. The molecule has 0 aliphatic carbocycles. The second-order valence-corrected chi connectivity index (χ2v) is 6.45. The first-order valence-corrected chi connectivity index (χ1v) is 6.83. The fourth-order valence-electron chi connectivity index (χ4n) is 1.55. The van der Waals surface area contributed by atoms with E-state index in [0.717, 1.165) is 17.1 Å². The van der Waals surface area contributed by atoms with Gasteiger partial charge >= 0.3 is 0 Å². The Balaban J connectivity index is 2.68. The topological polar surface area (TPSA) is 28.7 Å². The van der Waals surface area contributed by atoms with Crippen molar-refractivity contribution in [2.75, 3.05) is 0 Å². The maximum atomic E-state index is 5.34. The molecule has 1 N–H and O–H groups in total. The molecule has 0 radical (unpaired) electrons. The average molecular weight is 264 g/mol. The molecule has 2 nitrogen and oxygen atoms in total. The van der Waals surface area contributed by atoms with Crippen LogP contribution in [-0.4, -0.2) is 9.97 Å². The first-order chi connectivity index (χ1) is 7.89. The predicted molar refractivity (Wildman–Crippen MR) is 76.2 cm³/mol. The Bertz CT molecular complexity index is 574. The highest BCUT2D eigenvalue weighted by Gasteiger charge is 2.18. The molecule has 2 heterocycles. The number of aromatic nitrogens is 2. The number of nitrogens with one attached hydrogen (secondary N) is 1. The molecule has 2 aromatic rings.